The molecular formula is C15H17NO2S. The first kappa shape index (κ1) is 13.6. The number of thiophene rings is 1. The average molecular weight is 275 g/mol. The van der Waals surface area contributed by atoms with Crippen molar-refractivity contribution in [2.75, 3.05) is 11.9 Å². The lowest BCUT2D eigenvalue weighted by Crippen LogP contribution is -2.22. The highest BCUT2D eigenvalue weighted by atomic mass is 32.1. The summed E-state index contributed by atoms with van der Waals surface area (Å²) in [5, 5.41) is 7.23. The third-order valence-corrected chi connectivity index (χ3v) is 3.44. The summed E-state index contributed by atoms with van der Waals surface area (Å²) in [6.07, 6.45) is 0. The molecule has 0 bridgehead atoms. The van der Waals surface area contributed by atoms with Gasteiger partial charge < -0.3 is 10.1 Å². The van der Waals surface area contributed by atoms with Gasteiger partial charge in [-0.15, -0.1) is 0 Å². The Hall–Kier alpha value is -1.81. The number of benzene rings is 1. The topological polar surface area (TPSA) is 38.3 Å². The fourth-order valence-corrected chi connectivity index (χ4v) is 2.20. The lowest BCUT2D eigenvalue weighted by molar-refractivity contribution is -0.148. The molecule has 0 saturated carbocycles. The second-order valence-corrected chi connectivity index (χ2v) is 5.17. The Balaban J connectivity index is 1.73. The molecule has 2 aromatic rings. The zero-order valence-electron chi connectivity index (χ0n) is 10.8. The lowest BCUT2D eigenvalue weighted by atomic mass is 10.2. The maximum Gasteiger partial charge on any atom is 0.310 e. The molecule has 1 aromatic carbocycles. The third kappa shape index (κ3) is 4.41. The van der Waals surface area contributed by atoms with Gasteiger partial charge in [-0.2, -0.15) is 11.3 Å². The van der Waals surface area contributed by atoms with Gasteiger partial charge in [0.15, 0.2) is 0 Å². The van der Waals surface area contributed by atoms with Gasteiger partial charge in [-0.1, -0.05) is 37.3 Å². The summed E-state index contributed by atoms with van der Waals surface area (Å²) in [6.45, 7) is 2.79. The molecule has 1 aromatic heterocycles. The smallest absolute Gasteiger partial charge is 0.310 e. The average Bonchev–Trinajstić information content (AvgIpc) is 2.96. The zero-order valence-corrected chi connectivity index (χ0v) is 11.7. The van der Waals surface area contributed by atoms with Gasteiger partial charge in [0, 0.05) is 17.6 Å². The van der Waals surface area contributed by atoms with E-state index < -0.39 is 0 Å². The first-order chi connectivity index (χ1) is 9.25. The van der Waals surface area contributed by atoms with Crippen LogP contribution in [0.1, 0.15) is 12.5 Å². The molecule has 0 aliphatic heterocycles. The van der Waals surface area contributed by atoms with E-state index in [9.17, 15) is 4.79 Å². The summed E-state index contributed by atoms with van der Waals surface area (Å²) in [6, 6.07) is 11.7. The fraction of sp³-hybridized carbons (Fsp3) is 0.267. The number of rotatable bonds is 6. The van der Waals surface area contributed by atoms with Gasteiger partial charge in [0.2, 0.25) is 0 Å². The van der Waals surface area contributed by atoms with E-state index in [0.29, 0.717) is 13.2 Å². The molecule has 1 unspecified atom stereocenters. The van der Waals surface area contributed by atoms with Gasteiger partial charge in [-0.05, 0) is 17.0 Å². The highest BCUT2D eigenvalue weighted by Crippen LogP contribution is 2.13. The highest BCUT2D eigenvalue weighted by molar-refractivity contribution is 7.08. The van der Waals surface area contributed by atoms with Crippen LogP contribution in [-0.2, 0) is 16.1 Å². The largest absolute Gasteiger partial charge is 0.461 e. The summed E-state index contributed by atoms with van der Waals surface area (Å²) >= 11 is 1.63. The number of esters is 1. The van der Waals surface area contributed by atoms with Gasteiger partial charge in [0.1, 0.15) is 6.61 Å². The van der Waals surface area contributed by atoms with Crippen LogP contribution in [-0.4, -0.2) is 12.5 Å². The van der Waals surface area contributed by atoms with E-state index in [1.807, 2.05) is 54.1 Å². The van der Waals surface area contributed by atoms with Crippen molar-refractivity contribution in [2.45, 2.75) is 13.5 Å². The van der Waals surface area contributed by atoms with Crippen LogP contribution in [0.4, 0.5) is 5.69 Å². The fourth-order valence-electron chi connectivity index (χ4n) is 1.59. The Kier molecular flexibility index (Phi) is 4.98. The number of anilines is 1. The molecular weight excluding hydrogens is 258 g/mol. The third-order valence-electron chi connectivity index (χ3n) is 2.76. The van der Waals surface area contributed by atoms with Gasteiger partial charge >= 0.3 is 5.97 Å². The van der Waals surface area contributed by atoms with E-state index >= 15 is 0 Å². The van der Waals surface area contributed by atoms with E-state index in [1.165, 1.54) is 0 Å². The number of carbonyl (C=O) groups is 1. The van der Waals surface area contributed by atoms with Crippen molar-refractivity contribution in [3.8, 4) is 0 Å². The molecule has 3 nitrogen and oxygen atoms in total. The lowest BCUT2D eigenvalue weighted by Gasteiger charge is -2.12. The molecule has 100 valence electrons. The first-order valence-electron chi connectivity index (χ1n) is 6.22. The molecule has 19 heavy (non-hydrogen) atoms. The molecule has 1 heterocycles. The maximum atomic E-state index is 11.8. The monoisotopic (exact) mass is 275 g/mol. The zero-order chi connectivity index (χ0) is 13.5. The molecule has 0 radical (unpaired) electrons. The van der Waals surface area contributed by atoms with Crippen molar-refractivity contribution in [3.63, 3.8) is 0 Å². The van der Waals surface area contributed by atoms with Gasteiger partial charge in [0.05, 0.1) is 5.92 Å². The van der Waals surface area contributed by atoms with E-state index in [2.05, 4.69) is 5.32 Å². The van der Waals surface area contributed by atoms with Crippen LogP contribution in [0.15, 0.2) is 47.2 Å². The molecule has 0 aliphatic rings. The maximum absolute atomic E-state index is 11.8. The highest BCUT2D eigenvalue weighted by Gasteiger charge is 2.14. The number of ether oxygens (including phenoxy) is 1. The SMILES string of the molecule is CC(CNc1ccsc1)C(=O)OCc1ccccc1. The van der Waals surface area contributed by atoms with E-state index in [-0.39, 0.29) is 11.9 Å². The van der Waals surface area contributed by atoms with Crippen LogP contribution in [0.5, 0.6) is 0 Å². The van der Waals surface area contributed by atoms with E-state index in [4.69, 9.17) is 4.74 Å². The molecule has 1 N–H and O–H groups in total. The number of carbonyl (C=O) groups excluding carboxylic acids is 1. The summed E-state index contributed by atoms with van der Waals surface area (Å²) in [4.78, 5) is 11.8. The van der Waals surface area contributed by atoms with Crippen LogP contribution in [0.25, 0.3) is 0 Å². The van der Waals surface area contributed by atoms with Gasteiger partial charge in [-0.25, -0.2) is 0 Å². The Morgan fingerprint density at radius 2 is 2.11 bits per heavy atom. The van der Waals surface area contributed by atoms with Gasteiger partial charge in [-0.3, -0.25) is 4.79 Å². The summed E-state index contributed by atoms with van der Waals surface area (Å²) < 4.78 is 5.28. The standard InChI is InChI=1S/C15H17NO2S/c1-12(9-16-14-7-8-19-11-14)15(17)18-10-13-5-3-2-4-6-13/h2-8,11-12,16H,9-10H2,1H3. The normalized spacial score (nSPS) is 11.8. The van der Waals surface area contributed by atoms with Crippen LogP contribution in [0.2, 0.25) is 0 Å². The molecule has 2 rings (SSSR count). The van der Waals surface area contributed by atoms with Crippen molar-refractivity contribution in [1.29, 1.82) is 0 Å². The number of nitrogens with one attached hydrogen (secondary N) is 1. The van der Waals surface area contributed by atoms with E-state index in [0.717, 1.165) is 11.3 Å². The number of hydrogen-bond acceptors (Lipinski definition) is 4. The first-order valence-corrected chi connectivity index (χ1v) is 7.16. The van der Waals surface area contributed by atoms with E-state index in [1.54, 1.807) is 11.3 Å². The Morgan fingerprint density at radius 1 is 1.32 bits per heavy atom. The molecule has 1 atom stereocenters. The second-order valence-electron chi connectivity index (χ2n) is 4.39. The molecule has 0 amide bonds. The van der Waals surface area contributed by atoms with Crippen molar-refractivity contribution in [1.82, 2.24) is 0 Å². The molecule has 4 heteroatoms. The van der Waals surface area contributed by atoms with Crippen molar-refractivity contribution < 1.29 is 9.53 Å². The minimum atomic E-state index is -0.174. The molecule has 0 fully saturated rings. The molecule has 0 spiro atoms. The summed E-state index contributed by atoms with van der Waals surface area (Å²) in [5.74, 6) is -0.338. The molecule has 0 aliphatic carbocycles. The minimum absolute atomic E-state index is 0.163. The Bertz CT molecular complexity index is 496. The minimum Gasteiger partial charge on any atom is -0.461 e. The number of hydrogen-bond donors (Lipinski definition) is 1. The Labute approximate surface area is 117 Å². The van der Waals surface area contributed by atoms with Crippen LogP contribution >= 0.6 is 11.3 Å². The summed E-state index contributed by atoms with van der Waals surface area (Å²) in [5.41, 5.74) is 2.06. The Morgan fingerprint density at radius 3 is 2.79 bits per heavy atom. The predicted octanol–water partition coefficient (Wildman–Crippen LogP) is 3.54. The van der Waals surface area contributed by atoms with Crippen LogP contribution in [0.3, 0.4) is 0 Å². The van der Waals surface area contributed by atoms with Crippen LogP contribution < -0.4 is 5.32 Å². The van der Waals surface area contributed by atoms with Crippen LogP contribution in [0, 0.1) is 5.92 Å². The quantitative estimate of drug-likeness (QED) is 0.819. The predicted molar refractivity (Wildman–Crippen MR) is 78.2 cm³/mol. The summed E-state index contributed by atoms with van der Waals surface area (Å²) in [7, 11) is 0. The van der Waals surface area contributed by atoms with Crippen molar-refractivity contribution >= 4 is 23.0 Å². The second kappa shape index (κ2) is 6.95. The van der Waals surface area contributed by atoms with Crippen molar-refractivity contribution in [2.24, 2.45) is 5.92 Å². The van der Waals surface area contributed by atoms with Crippen molar-refractivity contribution in [3.05, 3.63) is 52.7 Å². The van der Waals surface area contributed by atoms with Gasteiger partial charge in [0.25, 0.3) is 0 Å². The molecule has 0 saturated heterocycles.